The number of nitrogens with zero attached hydrogens (tertiary/aromatic N) is 3. The van der Waals surface area contributed by atoms with Gasteiger partial charge in [-0.05, 0) is 50.1 Å². The maximum absolute atomic E-state index is 14.6. The van der Waals surface area contributed by atoms with Crippen LogP contribution in [0.25, 0.3) is 16.6 Å². The number of carbonyl (C=O) groups excluding carboxylic acids is 1. The van der Waals surface area contributed by atoms with E-state index in [4.69, 9.17) is 0 Å². The van der Waals surface area contributed by atoms with Crippen molar-refractivity contribution in [1.82, 2.24) is 13.7 Å². The number of nitrogens with one attached hydrogen (secondary N) is 2. The molecule has 0 saturated heterocycles. The number of benzene rings is 2. The molecule has 1 fully saturated rings. The molecular weight excluding hydrogens is 484 g/mol. The van der Waals surface area contributed by atoms with E-state index < -0.39 is 28.4 Å². The maximum atomic E-state index is 14.6. The third kappa shape index (κ3) is 4.11. The lowest BCUT2D eigenvalue weighted by atomic mass is 10.1. The van der Waals surface area contributed by atoms with E-state index in [0.29, 0.717) is 30.3 Å². The van der Waals surface area contributed by atoms with Crippen LogP contribution in [0.2, 0.25) is 0 Å². The Kier molecular flexibility index (Phi) is 5.77. The third-order valence-electron chi connectivity index (χ3n) is 6.36. The Morgan fingerprint density at radius 1 is 1.03 bits per heavy atom. The van der Waals surface area contributed by atoms with Crippen LogP contribution in [0.4, 0.5) is 26.0 Å². The van der Waals surface area contributed by atoms with E-state index >= 15 is 0 Å². The number of carbonyl (C=O) groups is 1. The molecule has 9 nitrogen and oxygen atoms in total. The van der Waals surface area contributed by atoms with Gasteiger partial charge in [-0.1, -0.05) is 6.07 Å². The second-order valence-corrected chi connectivity index (χ2v) is 9.07. The van der Waals surface area contributed by atoms with Crippen molar-refractivity contribution < 1.29 is 13.6 Å². The second-order valence-electron chi connectivity index (χ2n) is 9.07. The highest BCUT2D eigenvalue weighted by Gasteiger charge is 2.31. The summed E-state index contributed by atoms with van der Waals surface area (Å²) in [5.74, 6) is -2.05. The number of pyridine rings is 1. The van der Waals surface area contributed by atoms with Gasteiger partial charge in [0.25, 0.3) is 11.1 Å². The van der Waals surface area contributed by atoms with Crippen LogP contribution in [-0.4, -0.2) is 19.6 Å². The van der Waals surface area contributed by atoms with Gasteiger partial charge >= 0.3 is 5.69 Å². The van der Waals surface area contributed by atoms with Gasteiger partial charge in [0.15, 0.2) is 0 Å². The number of aromatic nitrogens is 3. The minimum atomic E-state index is -0.917. The first-order valence-electron chi connectivity index (χ1n) is 11.6. The molecule has 190 valence electrons. The summed E-state index contributed by atoms with van der Waals surface area (Å²) in [6, 6.07) is 9.04. The van der Waals surface area contributed by atoms with Crippen LogP contribution in [0.5, 0.6) is 0 Å². The zero-order valence-corrected chi connectivity index (χ0v) is 20.3. The van der Waals surface area contributed by atoms with E-state index in [2.05, 4.69) is 10.6 Å². The van der Waals surface area contributed by atoms with Crippen molar-refractivity contribution in [2.45, 2.75) is 32.7 Å². The highest BCUT2D eigenvalue weighted by molar-refractivity contribution is 5.94. The quantitative estimate of drug-likeness (QED) is 0.430. The zero-order chi connectivity index (χ0) is 26.6. The molecule has 1 aliphatic carbocycles. The number of halogens is 2. The Morgan fingerprint density at radius 2 is 1.76 bits per heavy atom. The fourth-order valence-electron chi connectivity index (χ4n) is 4.50. The predicted molar refractivity (Wildman–Crippen MR) is 136 cm³/mol. The molecule has 2 N–H and O–H groups in total. The fourth-order valence-corrected chi connectivity index (χ4v) is 4.50. The van der Waals surface area contributed by atoms with Gasteiger partial charge in [-0.15, -0.1) is 0 Å². The van der Waals surface area contributed by atoms with Gasteiger partial charge in [0, 0.05) is 37.3 Å². The summed E-state index contributed by atoms with van der Waals surface area (Å²) < 4.78 is 31.6. The fraction of sp³-hybridized carbons (Fsp3) is 0.231. The van der Waals surface area contributed by atoms with E-state index in [1.165, 1.54) is 30.0 Å². The lowest BCUT2D eigenvalue weighted by molar-refractivity contribution is -0.114. The molecule has 0 bridgehead atoms. The minimum absolute atomic E-state index is 0.000227. The van der Waals surface area contributed by atoms with Gasteiger partial charge in [-0.2, -0.15) is 0 Å². The highest BCUT2D eigenvalue weighted by atomic mass is 19.1. The number of hydrogen-bond acceptors (Lipinski definition) is 5. The molecule has 0 aliphatic heterocycles. The van der Waals surface area contributed by atoms with E-state index in [-0.39, 0.29) is 39.9 Å². The summed E-state index contributed by atoms with van der Waals surface area (Å²) in [6.07, 6.45) is 1.26. The number of fused-ring (bicyclic) bond motifs is 1. The topological polar surface area (TPSA) is 107 Å². The number of anilines is 3. The molecule has 2 aromatic carbocycles. The van der Waals surface area contributed by atoms with Crippen molar-refractivity contribution in [2.75, 3.05) is 10.6 Å². The van der Waals surface area contributed by atoms with Gasteiger partial charge in [-0.25, -0.2) is 13.6 Å². The van der Waals surface area contributed by atoms with E-state index in [9.17, 15) is 28.0 Å². The molecule has 1 saturated carbocycles. The molecule has 0 spiro atoms. The van der Waals surface area contributed by atoms with Crippen LogP contribution in [0.1, 0.15) is 31.4 Å². The Labute approximate surface area is 208 Å². The zero-order valence-electron chi connectivity index (χ0n) is 20.3. The van der Waals surface area contributed by atoms with Crippen molar-refractivity contribution in [1.29, 1.82) is 0 Å². The van der Waals surface area contributed by atoms with Crippen LogP contribution < -0.4 is 27.4 Å². The predicted octanol–water partition coefficient (Wildman–Crippen LogP) is 3.47. The summed E-state index contributed by atoms with van der Waals surface area (Å²) in [5.41, 5.74) is -0.995. The average Bonchev–Trinajstić information content (AvgIpc) is 3.67. The summed E-state index contributed by atoms with van der Waals surface area (Å²) in [5, 5.41) is 5.44. The van der Waals surface area contributed by atoms with E-state index in [1.807, 2.05) is 0 Å². The van der Waals surface area contributed by atoms with Crippen molar-refractivity contribution in [3.63, 3.8) is 0 Å². The summed E-state index contributed by atoms with van der Waals surface area (Å²) in [6.45, 7) is 2.85. The van der Waals surface area contributed by atoms with Gasteiger partial charge in [0.2, 0.25) is 5.91 Å². The summed E-state index contributed by atoms with van der Waals surface area (Å²) >= 11 is 0. The molecule has 2 aromatic heterocycles. The Balaban J connectivity index is 1.90. The first kappa shape index (κ1) is 24.2. The molecule has 4 aromatic rings. The van der Waals surface area contributed by atoms with Crippen molar-refractivity contribution in [3.8, 4) is 5.69 Å². The average molecular weight is 507 g/mol. The number of aryl methyl sites for hydroxylation is 1. The molecule has 1 amide bonds. The number of rotatable bonds is 5. The van der Waals surface area contributed by atoms with Crippen LogP contribution >= 0.6 is 0 Å². The number of amides is 1. The van der Waals surface area contributed by atoms with Crippen LogP contribution in [0.3, 0.4) is 0 Å². The molecule has 1 aliphatic rings. The summed E-state index contributed by atoms with van der Waals surface area (Å²) in [7, 11) is 1.42. The van der Waals surface area contributed by atoms with E-state index in [1.54, 1.807) is 24.3 Å². The highest BCUT2D eigenvalue weighted by Crippen LogP contribution is 2.34. The minimum Gasteiger partial charge on any atom is -0.338 e. The second kappa shape index (κ2) is 8.84. The number of hydrogen-bond donors (Lipinski definition) is 2. The van der Waals surface area contributed by atoms with Crippen LogP contribution in [0.15, 0.2) is 56.8 Å². The first-order chi connectivity index (χ1) is 17.6. The van der Waals surface area contributed by atoms with Crippen molar-refractivity contribution in [3.05, 3.63) is 90.9 Å². The standard InChI is InChI=1S/C26H23F2N5O4/c1-13-22-21(23(31(3)24(13)35)30-20-10-7-15(27)11-19(20)28)25(36)33(17-8-9-17)26(37)32(22)18-6-4-5-16(12-18)29-14(2)34/h4-7,10-12,17,30H,8-9H2,1-3H3,(H,29,34). The molecule has 5 rings (SSSR count). The SMILES string of the molecule is CC(=O)Nc1cccc(-n2c(=O)n(C3CC3)c(=O)c3c(Nc4ccc(F)cc4F)n(C)c(=O)c(C)c32)c1. The van der Waals surface area contributed by atoms with E-state index in [0.717, 1.165) is 16.7 Å². The maximum Gasteiger partial charge on any atom is 0.336 e. The first-order valence-corrected chi connectivity index (χ1v) is 11.6. The summed E-state index contributed by atoms with van der Waals surface area (Å²) in [4.78, 5) is 52.4. The molecule has 0 atom stereocenters. The molecule has 0 unspecified atom stereocenters. The molecule has 2 heterocycles. The lowest BCUT2D eigenvalue weighted by Crippen LogP contribution is -2.41. The monoisotopic (exact) mass is 507 g/mol. The van der Waals surface area contributed by atoms with Crippen molar-refractivity contribution in [2.24, 2.45) is 7.05 Å². The van der Waals surface area contributed by atoms with Crippen molar-refractivity contribution >= 4 is 34.0 Å². The molecule has 11 heteroatoms. The smallest absolute Gasteiger partial charge is 0.336 e. The lowest BCUT2D eigenvalue weighted by Gasteiger charge is -2.21. The Hall–Kier alpha value is -4.54. The molecule has 37 heavy (non-hydrogen) atoms. The molecule has 0 radical (unpaired) electrons. The Bertz CT molecular complexity index is 1780. The van der Waals surface area contributed by atoms with Crippen LogP contribution in [-0.2, 0) is 11.8 Å². The molecular formula is C26H23F2N5O4. The van der Waals surface area contributed by atoms with Gasteiger partial charge in [0.1, 0.15) is 22.8 Å². The largest absolute Gasteiger partial charge is 0.338 e. The Morgan fingerprint density at radius 3 is 2.41 bits per heavy atom. The normalized spacial score (nSPS) is 13.1. The van der Waals surface area contributed by atoms with Gasteiger partial charge in [0.05, 0.1) is 16.9 Å². The van der Waals surface area contributed by atoms with Gasteiger partial charge in [-0.3, -0.25) is 28.1 Å². The van der Waals surface area contributed by atoms with Crippen LogP contribution in [0, 0.1) is 18.6 Å². The third-order valence-corrected chi connectivity index (χ3v) is 6.36. The van der Waals surface area contributed by atoms with Gasteiger partial charge < -0.3 is 10.6 Å².